The molecule has 0 spiro atoms. The van der Waals surface area contributed by atoms with Crippen LogP contribution in [0, 0.1) is 5.41 Å². The molecule has 1 fully saturated rings. The fraction of sp³-hybridized carbons (Fsp3) is 0.231. The summed E-state index contributed by atoms with van der Waals surface area (Å²) in [5.74, 6) is -0.164. The van der Waals surface area contributed by atoms with Crippen LogP contribution in [0.2, 0.25) is 0 Å². The minimum Gasteiger partial charge on any atom is -0.384 e. The Hall–Kier alpha value is -3.69. The predicted molar refractivity (Wildman–Crippen MR) is 139 cm³/mol. The van der Waals surface area contributed by atoms with Crippen LogP contribution in [0.3, 0.4) is 0 Å². The lowest BCUT2D eigenvalue weighted by Gasteiger charge is -2.37. The molecule has 4 rings (SSSR count). The quantitative estimate of drug-likeness (QED) is 0.250. The number of amidine groups is 1. The van der Waals surface area contributed by atoms with Crippen molar-refractivity contribution in [2.45, 2.75) is 42.5 Å². The number of hydrogen-bond acceptors (Lipinski definition) is 5. The summed E-state index contributed by atoms with van der Waals surface area (Å²) in [5.41, 5.74) is 7.97. The normalized spacial score (nSPS) is 15.2. The molecule has 0 radical (unpaired) electrons. The van der Waals surface area contributed by atoms with Gasteiger partial charge in [0, 0.05) is 22.5 Å². The maximum absolute atomic E-state index is 13.5. The molecule has 3 aromatic carbocycles. The Labute approximate surface area is 205 Å². The number of sulfonamides is 1. The summed E-state index contributed by atoms with van der Waals surface area (Å²) in [5, 5.41) is 19.5. The summed E-state index contributed by atoms with van der Waals surface area (Å²) >= 11 is 0. The molecule has 1 saturated carbocycles. The summed E-state index contributed by atoms with van der Waals surface area (Å²) in [6.45, 7) is 0. The van der Waals surface area contributed by atoms with Crippen molar-refractivity contribution in [3.63, 3.8) is 0 Å². The molecule has 182 valence electrons. The van der Waals surface area contributed by atoms with Crippen molar-refractivity contribution in [1.29, 1.82) is 5.41 Å². The topological polar surface area (TPSA) is 151 Å². The standard InChI is InChI=1S/C26H29N5O3S/c27-24(28)19-7-6-8-21(17-19)31-26(15-4-1-5-16-26)25(32)30-20-13-11-18(12-14-20)22-9-2-3-10-23(22)35(29,33)34/h2-3,6-14,17,31H,1,4-5,15-16H2,(H3,27,28)(H,30,32)(H2,29,33,34). The maximum atomic E-state index is 13.5. The molecule has 0 heterocycles. The number of anilines is 2. The minimum absolute atomic E-state index is 0.0279. The van der Waals surface area contributed by atoms with Gasteiger partial charge in [-0.05, 0) is 48.7 Å². The van der Waals surface area contributed by atoms with Crippen LogP contribution in [0.5, 0.6) is 0 Å². The van der Waals surface area contributed by atoms with Gasteiger partial charge in [0.15, 0.2) is 0 Å². The predicted octanol–water partition coefficient (Wildman–Crippen LogP) is 4.04. The first-order chi connectivity index (χ1) is 16.7. The third kappa shape index (κ3) is 5.52. The molecule has 0 atom stereocenters. The summed E-state index contributed by atoms with van der Waals surface area (Å²) < 4.78 is 23.9. The number of nitrogens with two attached hydrogens (primary N) is 2. The van der Waals surface area contributed by atoms with Gasteiger partial charge in [0.1, 0.15) is 11.4 Å². The largest absolute Gasteiger partial charge is 0.384 e. The first-order valence-corrected chi connectivity index (χ1v) is 13.0. The van der Waals surface area contributed by atoms with Gasteiger partial charge in [0.25, 0.3) is 0 Å². The Kier molecular flexibility index (Phi) is 6.90. The van der Waals surface area contributed by atoms with Crippen molar-refractivity contribution in [2.24, 2.45) is 10.9 Å². The summed E-state index contributed by atoms with van der Waals surface area (Å²) in [6.07, 6.45) is 4.29. The third-order valence-electron chi connectivity index (χ3n) is 6.35. The lowest BCUT2D eigenvalue weighted by molar-refractivity contribution is -0.121. The maximum Gasteiger partial charge on any atom is 0.250 e. The van der Waals surface area contributed by atoms with Gasteiger partial charge in [-0.25, -0.2) is 13.6 Å². The molecule has 1 amide bonds. The molecule has 0 aromatic heterocycles. The summed E-state index contributed by atoms with van der Waals surface area (Å²) in [6, 6.07) is 20.8. The Balaban J connectivity index is 1.57. The van der Waals surface area contributed by atoms with Gasteiger partial charge in [0.05, 0.1) is 4.90 Å². The fourth-order valence-electron chi connectivity index (χ4n) is 4.54. The number of carbonyl (C=O) groups is 1. The highest BCUT2D eigenvalue weighted by Crippen LogP contribution is 2.34. The second-order valence-corrected chi connectivity index (χ2v) is 10.4. The molecule has 1 aliphatic carbocycles. The van der Waals surface area contributed by atoms with Crippen molar-refractivity contribution in [3.8, 4) is 11.1 Å². The molecule has 9 heteroatoms. The van der Waals surface area contributed by atoms with Gasteiger partial charge in [0.2, 0.25) is 15.9 Å². The average Bonchev–Trinajstić information content (AvgIpc) is 2.85. The lowest BCUT2D eigenvalue weighted by atomic mass is 9.80. The molecule has 1 aliphatic rings. The number of amides is 1. The monoisotopic (exact) mass is 491 g/mol. The van der Waals surface area contributed by atoms with E-state index in [1.165, 1.54) is 6.07 Å². The van der Waals surface area contributed by atoms with Crippen LogP contribution in [-0.2, 0) is 14.8 Å². The van der Waals surface area contributed by atoms with E-state index in [4.69, 9.17) is 16.3 Å². The second-order valence-electron chi connectivity index (χ2n) is 8.83. The number of benzene rings is 3. The van der Waals surface area contributed by atoms with E-state index in [0.717, 1.165) is 24.9 Å². The van der Waals surface area contributed by atoms with Gasteiger partial charge >= 0.3 is 0 Å². The molecule has 8 nitrogen and oxygen atoms in total. The number of nitrogens with one attached hydrogen (secondary N) is 3. The van der Waals surface area contributed by atoms with Crippen LogP contribution in [0.15, 0.2) is 77.7 Å². The zero-order valence-corrected chi connectivity index (χ0v) is 20.1. The molecule has 3 aromatic rings. The molecule has 0 unspecified atom stereocenters. The van der Waals surface area contributed by atoms with Gasteiger partial charge < -0.3 is 16.4 Å². The Morgan fingerprint density at radius 1 is 0.886 bits per heavy atom. The van der Waals surface area contributed by atoms with Gasteiger partial charge in [-0.2, -0.15) is 0 Å². The molecular formula is C26H29N5O3S. The fourth-order valence-corrected chi connectivity index (χ4v) is 5.30. The highest BCUT2D eigenvalue weighted by atomic mass is 32.2. The lowest BCUT2D eigenvalue weighted by Crippen LogP contribution is -2.51. The number of hydrogen-bond donors (Lipinski definition) is 5. The second kappa shape index (κ2) is 9.89. The third-order valence-corrected chi connectivity index (χ3v) is 7.32. The van der Waals surface area contributed by atoms with Crippen molar-refractivity contribution < 1.29 is 13.2 Å². The zero-order chi connectivity index (χ0) is 25.1. The van der Waals surface area contributed by atoms with Crippen molar-refractivity contribution in [2.75, 3.05) is 10.6 Å². The number of nitrogen functional groups attached to an aromatic ring is 1. The summed E-state index contributed by atoms with van der Waals surface area (Å²) in [4.78, 5) is 13.6. The SMILES string of the molecule is N=C(N)c1cccc(NC2(C(=O)Nc3ccc(-c4ccccc4S(N)(=O)=O)cc3)CCCCC2)c1. The van der Waals surface area contributed by atoms with E-state index in [2.05, 4.69) is 10.6 Å². The molecule has 7 N–H and O–H groups in total. The molecule has 0 aliphatic heterocycles. The smallest absolute Gasteiger partial charge is 0.250 e. The van der Waals surface area contributed by atoms with Crippen LogP contribution in [0.25, 0.3) is 11.1 Å². The van der Waals surface area contributed by atoms with Crippen molar-refractivity contribution >= 4 is 33.1 Å². The van der Waals surface area contributed by atoms with Crippen molar-refractivity contribution in [1.82, 2.24) is 0 Å². The van der Waals surface area contributed by atoms with Gasteiger partial charge in [-0.3, -0.25) is 10.2 Å². The van der Waals surface area contributed by atoms with E-state index < -0.39 is 15.6 Å². The zero-order valence-electron chi connectivity index (χ0n) is 19.3. The van der Waals surface area contributed by atoms with Crippen LogP contribution >= 0.6 is 0 Å². The molecule has 35 heavy (non-hydrogen) atoms. The molecule has 0 bridgehead atoms. The Bertz CT molecular complexity index is 1350. The number of carbonyl (C=O) groups excluding carboxylic acids is 1. The minimum atomic E-state index is -3.87. The van der Waals surface area contributed by atoms with Crippen LogP contribution < -0.4 is 21.5 Å². The van der Waals surface area contributed by atoms with E-state index >= 15 is 0 Å². The van der Waals surface area contributed by atoms with Crippen molar-refractivity contribution in [3.05, 3.63) is 78.4 Å². The van der Waals surface area contributed by atoms with Gasteiger partial charge in [-0.15, -0.1) is 0 Å². The molecule has 0 saturated heterocycles. The molecular weight excluding hydrogens is 462 g/mol. The van der Waals surface area contributed by atoms with E-state index in [-0.39, 0.29) is 16.6 Å². The first-order valence-electron chi connectivity index (χ1n) is 11.4. The number of primary sulfonamides is 1. The van der Waals surface area contributed by atoms with E-state index in [9.17, 15) is 13.2 Å². The average molecular weight is 492 g/mol. The highest BCUT2D eigenvalue weighted by molar-refractivity contribution is 7.89. The van der Waals surface area contributed by atoms with E-state index in [0.29, 0.717) is 35.2 Å². The van der Waals surface area contributed by atoms with E-state index in [1.807, 2.05) is 12.1 Å². The number of rotatable bonds is 7. The Morgan fingerprint density at radius 3 is 2.23 bits per heavy atom. The van der Waals surface area contributed by atoms with E-state index in [1.54, 1.807) is 54.6 Å². The first kappa shape index (κ1) is 24.4. The van der Waals surface area contributed by atoms with Gasteiger partial charge in [-0.1, -0.05) is 61.7 Å². The summed E-state index contributed by atoms with van der Waals surface area (Å²) in [7, 11) is -3.87. The highest BCUT2D eigenvalue weighted by Gasteiger charge is 2.39. The van der Waals surface area contributed by atoms with Crippen LogP contribution in [-0.4, -0.2) is 25.7 Å². The van der Waals surface area contributed by atoms with Crippen LogP contribution in [0.4, 0.5) is 11.4 Å². The Morgan fingerprint density at radius 2 is 1.57 bits per heavy atom. The van der Waals surface area contributed by atoms with Crippen LogP contribution in [0.1, 0.15) is 37.7 Å².